The molecule has 3 atom stereocenters. The van der Waals surface area contributed by atoms with Gasteiger partial charge in [-0.05, 0) is 79.6 Å². The maximum absolute atomic E-state index is 14.6. The fraction of sp³-hybridized carbons (Fsp3) is 0.355. The number of alkyl halides is 2. The smallest absolute Gasteiger partial charge is 0.251 e. The second-order valence-corrected chi connectivity index (χ2v) is 14.6. The minimum Gasteiger partial charge on any atom is -0.291 e. The van der Waals surface area contributed by atoms with Crippen LogP contribution in [0.15, 0.2) is 65.8 Å². The van der Waals surface area contributed by atoms with Crippen molar-refractivity contribution in [2.75, 3.05) is 0 Å². The lowest BCUT2D eigenvalue weighted by Crippen LogP contribution is -2.59. The Bertz CT molecular complexity index is 1950. The molecule has 9 nitrogen and oxygen atoms in total. The summed E-state index contributed by atoms with van der Waals surface area (Å²) < 4.78 is 61.3. The Labute approximate surface area is 262 Å². The van der Waals surface area contributed by atoms with E-state index < -0.39 is 46.0 Å². The Morgan fingerprint density at radius 3 is 2.56 bits per heavy atom. The van der Waals surface area contributed by atoms with Crippen LogP contribution in [0.25, 0.3) is 11.8 Å². The first kappa shape index (κ1) is 29.9. The van der Waals surface area contributed by atoms with Crippen molar-refractivity contribution in [1.82, 2.24) is 33.8 Å². The number of carbonyl (C=O) groups excluding carboxylic acids is 1. The fourth-order valence-corrected chi connectivity index (χ4v) is 9.12. The summed E-state index contributed by atoms with van der Waals surface area (Å²) in [4.78, 5) is 23.1. The summed E-state index contributed by atoms with van der Waals surface area (Å²) in [5.41, 5.74) is 2.06. The molecular formula is C31H29ClF3N7O2S. The predicted octanol–water partition coefficient (Wildman–Crippen LogP) is 5.34. The van der Waals surface area contributed by atoms with Crippen LogP contribution in [0.5, 0.6) is 0 Å². The molecule has 45 heavy (non-hydrogen) atoms. The molecule has 14 heteroatoms. The van der Waals surface area contributed by atoms with Gasteiger partial charge in [0.1, 0.15) is 17.8 Å². The zero-order valence-corrected chi connectivity index (χ0v) is 25.8. The van der Waals surface area contributed by atoms with Crippen molar-refractivity contribution in [3.63, 3.8) is 0 Å². The molecule has 0 aliphatic heterocycles. The number of allylic oxidation sites excluding steroid dienone is 1. The standard InChI is InChI=1S/C31H29ClF3N7O2S/c1-40-18-37-29(39-40)45(2,44)42(25-15-31(34,35)16-25)24-6-3-20-11-27-19(17-38-41(27)23-7-4-22(33)5-8-23)13-30(20,14-24)28(43)26-12-21(32)9-10-36-26/h4-5,7-12,17-18,24-25H,2-3,6,13-16H2,1H3/t24-,30-,45?/m0/s1. The number of aromatic nitrogens is 6. The summed E-state index contributed by atoms with van der Waals surface area (Å²) in [6, 6.07) is 7.77. The van der Waals surface area contributed by atoms with Crippen LogP contribution >= 0.6 is 11.6 Å². The van der Waals surface area contributed by atoms with E-state index in [1.165, 1.54) is 35.4 Å². The molecule has 0 radical (unpaired) electrons. The Kier molecular flexibility index (Phi) is 7.06. The van der Waals surface area contributed by atoms with Gasteiger partial charge in [0.2, 0.25) is 5.16 Å². The molecule has 2 saturated carbocycles. The topological polar surface area (TPSA) is 98.8 Å². The van der Waals surface area contributed by atoms with Crippen molar-refractivity contribution in [2.24, 2.45) is 12.5 Å². The van der Waals surface area contributed by atoms with Gasteiger partial charge in [0.05, 0.1) is 32.7 Å². The number of rotatable bonds is 7. The average Bonchev–Trinajstić information content (AvgIpc) is 3.61. The largest absolute Gasteiger partial charge is 0.291 e. The second-order valence-electron chi connectivity index (χ2n) is 12.1. The van der Waals surface area contributed by atoms with Gasteiger partial charge in [-0.2, -0.15) is 5.10 Å². The summed E-state index contributed by atoms with van der Waals surface area (Å²) in [5.74, 6) is 0.475. The van der Waals surface area contributed by atoms with Crippen molar-refractivity contribution in [3.8, 4) is 5.69 Å². The fourth-order valence-electron chi connectivity index (χ4n) is 7.01. The van der Waals surface area contributed by atoms with Crippen LogP contribution in [0, 0.1) is 11.2 Å². The van der Waals surface area contributed by atoms with Crippen LogP contribution in [-0.4, -0.2) is 67.7 Å². The Morgan fingerprint density at radius 2 is 1.89 bits per heavy atom. The number of benzene rings is 1. The highest BCUT2D eigenvalue weighted by molar-refractivity contribution is 7.98. The van der Waals surface area contributed by atoms with Crippen LogP contribution in [0.3, 0.4) is 0 Å². The van der Waals surface area contributed by atoms with Crippen LogP contribution in [0.2, 0.25) is 5.02 Å². The third-order valence-electron chi connectivity index (χ3n) is 9.09. The van der Waals surface area contributed by atoms with Crippen molar-refractivity contribution in [1.29, 1.82) is 0 Å². The molecule has 2 fully saturated rings. The Balaban J connectivity index is 1.33. The van der Waals surface area contributed by atoms with Gasteiger partial charge in [-0.15, -0.1) is 5.10 Å². The summed E-state index contributed by atoms with van der Waals surface area (Å²) >= 11 is 6.28. The highest BCUT2D eigenvalue weighted by Gasteiger charge is 2.56. The molecule has 1 aromatic carbocycles. The molecule has 0 N–H and O–H groups in total. The van der Waals surface area contributed by atoms with Gasteiger partial charge in [0.15, 0.2) is 5.78 Å². The molecule has 0 bridgehead atoms. The highest BCUT2D eigenvalue weighted by atomic mass is 35.5. The van der Waals surface area contributed by atoms with E-state index in [1.54, 1.807) is 40.4 Å². The molecular weight excluding hydrogens is 627 g/mol. The second kappa shape index (κ2) is 10.6. The molecule has 7 rings (SSSR count). The third-order valence-corrected chi connectivity index (χ3v) is 11.4. The minimum atomic E-state index is -3.41. The van der Waals surface area contributed by atoms with Crippen LogP contribution < -0.4 is 0 Å². The molecule has 0 spiro atoms. The van der Waals surface area contributed by atoms with Crippen LogP contribution in [-0.2, 0) is 23.2 Å². The van der Waals surface area contributed by atoms with E-state index >= 15 is 0 Å². The van der Waals surface area contributed by atoms with E-state index in [0.717, 1.165) is 16.8 Å². The number of hydrogen-bond acceptors (Lipinski definition) is 6. The number of fused-ring (bicyclic) bond motifs is 2. The quantitative estimate of drug-likeness (QED) is 0.197. The summed E-state index contributed by atoms with van der Waals surface area (Å²) in [5, 5.41) is 9.12. The molecule has 0 saturated heterocycles. The molecule has 0 amide bonds. The van der Waals surface area contributed by atoms with Gasteiger partial charge in [-0.1, -0.05) is 17.2 Å². The number of ketones is 1. The number of hydrogen-bond donors (Lipinski definition) is 0. The zero-order chi connectivity index (χ0) is 31.7. The van der Waals surface area contributed by atoms with Crippen molar-refractivity contribution in [3.05, 3.63) is 88.5 Å². The van der Waals surface area contributed by atoms with Crippen LogP contribution in [0.4, 0.5) is 13.2 Å². The maximum Gasteiger partial charge on any atom is 0.251 e. The van der Waals surface area contributed by atoms with Gasteiger partial charge >= 0.3 is 0 Å². The first-order chi connectivity index (χ1) is 21.4. The maximum atomic E-state index is 14.6. The van der Waals surface area contributed by atoms with E-state index in [-0.39, 0.29) is 35.3 Å². The van der Waals surface area contributed by atoms with Crippen molar-refractivity contribution >= 4 is 39.0 Å². The summed E-state index contributed by atoms with van der Waals surface area (Å²) in [7, 11) is -1.78. The van der Waals surface area contributed by atoms with Gasteiger partial charge in [-0.25, -0.2) is 31.4 Å². The highest BCUT2D eigenvalue weighted by Crippen LogP contribution is 2.53. The normalized spacial score (nSPS) is 23.9. The zero-order valence-electron chi connectivity index (χ0n) is 24.2. The molecule has 3 aliphatic carbocycles. The molecule has 234 valence electrons. The van der Waals surface area contributed by atoms with Gasteiger partial charge in [0.25, 0.3) is 5.92 Å². The van der Waals surface area contributed by atoms with Gasteiger partial charge in [-0.3, -0.25) is 14.5 Å². The lowest BCUT2D eigenvalue weighted by Gasteiger charge is -2.51. The van der Waals surface area contributed by atoms with Gasteiger partial charge < -0.3 is 0 Å². The molecule has 3 heterocycles. The molecule has 1 unspecified atom stereocenters. The Morgan fingerprint density at radius 1 is 1.13 bits per heavy atom. The first-order valence-electron chi connectivity index (χ1n) is 14.5. The Hall–Kier alpha value is -3.81. The molecule has 4 aromatic rings. The minimum absolute atomic E-state index is 0.0371. The average molecular weight is 656 g/mol. The number of Topliss-reactive ketones (excluding diaryl/α,β-unsaturated/α-hetero) is 1. The molecule has 3 aromatic heterocycles. The summed E-state index contributed by atoms with van der Waals surface area (Å²) in [6.45, 7) is 0. The number of carbonyl (C=O) groups is 1. The van der Waals surface area contributed by atoms with Crippen molar-refractivity contribution < 1.29 is 22.2 Å². The first-order valence-corrected chi connectivity index (χ1v) is 16.5. The monoisotopic (exact) mass is 655 g/mol. The van der Waals surface area contributed by atoms with Crippen LogP contribution in [0.1, 0.15) is 53.8 Å². The van der Waals surface area contributed by atoms with E-state index in [9.17, 15) is 22.2 Å². The SMILES string of the molecule is C=S(=O)(c1ncn(C)n1)N(C1CC(F)(F)C1)[C@H]1CCC2=Cc3c(cnn3-c3ccc(F)cc3)C[C@]2(C(=O)c2cc(Cl)ccn2)C1. The van der Waals surface area contributed by atoms with E-state index in [2.05, 4.69) is 26.0 Å². The third kappa shape index (κ3) is 5.10. The van der Waals surface area contributed by atoms with Crippen molar-refractivity contribution in [2.45, 2.75) is 61.7 Å². The number of pyridine rings is 1. The number of aryl methyl sites for hydroxylation is 1. The van der Waals surface area contributed by atoms with E-state index in [1.807, 2.05) is 6.08 Å². The van der Waals surface area contributed by atoms with Gasteiger partial charge in [0, 0.05) is 43.2 Å². The lowest BCUT2D eigenvalue weighted by atomic mass is 9.60. The molecule has 3 aliphatic rings. The predicted molar refractivity (Wildman–Crippen MR) is 163 cm³/mol. The lowest BCUT2D eigenvalue weighted by molar-refractivity contribution is -0.115. The number of halogens is 4. The van der Waals surface area contributed by atoms with E-state index in [0.29, 0.717) is 23.6 Å². The van der Waals surface area contributed by atoms with E-state index in [4.69, 9.17) is 11.6 Å². The number of nitrogens with zero attached hydrogens (tertiary/aromatic N) is 7. The summed E-state index contributed by atoms with van der Waals surface area (Å²) in [6.07, 6.45) is 6.80.